The molecule has 164 valence electrons. The minimum atomic E-state index is -3.52. The Hall–Kier alpha value is -2.31. The minimum Gasteiger partial charge on any atom is -0.496 e. The van der Waals surface area contributed by atoms with Crippen LogP contribution in [0.25, 0.3) is 0 Å². The first-order valence-corrected chi connectivity index (χ1v) is 12.8. The molecule has 1 fully saturated rings. The number of methoxy groups -OCH3 is 1. The lowest BCUT2D eigenvalue weighted by molar-refractivity contribution is 0.381. The van der Waals surface area contributed by atoms with Crippen molar-refractivity contribution >= 4 is 15.7 Å². The number of anilines is 1. The molecule has 2 N–H and O–H groups in total. The summed E-state index contributed by atoms with van der Waals surface area (Å²) in [4.78, 5) is 0.369. The normalized spacial score (nSPS) is 25.5. The van der Waals surface area contributed by atoms with Crippen LogP contribution in [0.3, 0.4) is 0 Å². The summed E-state index contributed by atoms with van der Waals surface area (Å²) in [6, 6.07) is 13.8. The van der Waals surface area contributed by atoms with Crippen LogP contribution >= 0.6 is 0 Å². The Bertz CT molecular complexity index is 1090. The van der Waals surface area contributed by atoms with Gasteiger partial charge in [0.05, 0.1) is 18.0 Å². The van der Waals surface area contributed by atoms with Crippen molar-refractivity contribution in [1.82, 2.24) is 4.72 Å². The highest BCUT2D eigenvalue weighted by atomic mass is 32.2. The number of allylic oxidation sites excluding steroid dienone is 2. The van der Waals surface area contributed by atoms with Crippen molar-refractivity contribution in [3.05, 3.63) is 65.7 Å². The Morgan fingerprint density at radius 3 is 2.65 bits per heavy atom. The number of hydrogen-bond donors (Lipinski definition) is 2. The molecule has 3 unspecified atom stereocenters. The Kier molecular flexibility index (Phi) is 5.52. The highest BCUT2D eigenvalue weighted by Gasteiger charge is 2.39. The highest BCUT2D eigenvalue weighted by Crippen LogP contribution is 2.51. The van der Waals surface area contributed by atoms with E-state index in [9.17, 15) is 8.42 Å². The number of sulfonamides is 1. The maximum atomic E-state index is 13.1. The van der Waals surface area contributed by atoms with Crippen LogP contribution in [0.5, 0.6) is 5.75 Å². The van der Waals surface area contributed by atoms with E-state index in [4.69, 9.17) is 4.74 Å². The molecule has 0 radical (unpaired) electrons. The molecular weight excluding hydrogens is 408 g/mol. The first kappa shape index (κ1) is 20.6. The number of benzene rings is 2. The van der Waals surface area contributed by atoms with Crippen molar-refractivity contribution in [2.45, 2.75) is 61.4 Å². The monoisotopic (exact) mass is 438 g/mol. The molecule has 2 aliphatic carbocycles. The quantitative estimate of drug-likeness (QED) is 0.635. The molecule has 1 saturated carbocycles. The van der Waals surface area contributed by atoms with Crippen molar-refractivity contribution in [3.63, 3.8) is 0 Å². The molecule has 0 saturated heterocycles. The SMILES string of the molecule is COc1ccccc1C1Nc2ccc(S(=O)(=O)NC3CCCCC3)cc2C2C=CCC21. The van der Waals surface area contributed by atoms with E-state index in [-0.39, 0.29) is 18.0 Å². The molecule has 6 heteroatoms. The number of nitrogens with one attached hydrogen (secondary N) is 2. The molecule has 0 bridgehead atoms. The predicted octanol–water partition coefficient (Wildman–Crippen LogP) is 5.13. The standard InChI is InChI=1S/C25H30N2O3S/c1-30-24-13-6-5-10-21(24)25-20-12-7-11-19(20)22-16-18(14-15-23(22)26-25)31(28,29)27-17-8-3-2-4-9-17/h5-7,10-11,13-17,19-20,25-27H,2-4,8-9,12H2,1H3. The third-order valence-corrected chi connectivity index (χ3v) is 8.56. The van der Waals surface area contributed by atoms with Crippen LogP contribution in [0, 0.1) is 5.92 Å². The van der Waals surface area contributed by atoms with E-state index in [0.717, 1.165) is 54.7 Å². The summed E-state index contributed by atoms with van der Waals surface area (Å²) >= 11 is 0. The lowest BCUT2D eigenvalue weighted by atomic mass is 9.77. The summed E-state index contributed by atoms with van der Waals surface area (Å²) in [6.45, 7) is 0. The van der Waals surface area contributed by atoms with Gasteiger partial charge in [0.2, 0.25) is 10.0 Å². The van der Waals surface area contributed by atoms with Crippen LogP contribution in [-0.4, -0.2) is 21.6 Å². The van der Waals surface area contributed by atoms with Gasteiger partial charge in [-0.1, -0.05) is 49.6 Å². The molecule has 2 aromatic carbocycles. The van der Waals surface area contributed by atoms with Gasteiger partial charge in [0.15, 0.2) is 0 Å². The summed E-state index contributed by atoms with van der Waals surface area (Å²) in [5.41, 5.74) is 3.21. The molecule has 0 amide bonds. The van der Waals surface area contributed by atoms with Crippen molar-refractivity contribution < 1.29 is 13.2 Å². The van der Waals surface area contributed by atoms with E-state index in [1.807, 2.05) is 30.3 Å². The fourth-order valence-electron chi connectivity index (χ4n) is 5.48. The first-order chi connectivity index (χ1) is 15.1. The molecule has 5 nitrogen and oxygen atoms in total. The maximum Gasteiger partial charge on any atom is 0.240 e. The van der Waals surface area contributed by atoms with E-state index in [1.54, 1.807) is 13.2 Å². The number of para-hydroxylation sites is 1. The number of rotatable bonds is 5. The van der Waals surface area contributed by atoms with Gasteiger partial charge in [-0.2, -0.15) is 0 Å². The Labute approximate surface area is 184 Å². The third kappa shape index (κ3) is 3.87. The minimum absolute atomic E-state index is 0.0574. The molecular formula is C25H30N2O3S. The van der Waals surface area contributed by atoms with Gasteiger partial charge in [0.1, 0.15) is 5.75 Å². The zero-order valence-electron chi connectivity index (χ0n) is 17.9. The molecule has 2 aromatic rings. The number of hydrogen-bond acceptors (Lipinski definition) is 4. The van der Waals surface area contributed by atoms with Crippen LogP contribution in [0.1, 0.15) is 61.6 Å². The average molecular weight is 439 g/mol. The summed E-state index contributed by atoms with van der Waals surface area (Å²) in [5.74, 6) is 1.40. The van der Waals surface area contributed by atoms with Crippen molar-refractivity contribution in [2.75, 3.05) is 12.4 Å². The van der Waals surface area contributed by atoms with Gasteiger partial charge in [-0.15, -0.1) is 0 Å². The smallest absolute Gasteiger partial charge is 0.240 e. The lowest BCUT2D eigenvalue weighted by Gasteiger charge is -2.38. The van der Waals surface area contributed by atoms with E-state index >= 15 is 0 Å². The number of ether oxygens (including phenoxy) is 1. The second-order valence-corrected chi connectivity index (χ2v) is 10.6. The number of fused-ring (bicyclic) bond motifs is 3. The van der Waals surface area contributed by atoms with E-state index < -0.39 is 10.0 Å². The second kappa shape index (κ2) is 8.32. The Morgan fingerprint density at radius 1 is 1.03 bits per heavy atom. The summed E-state index contributed by atoms with van der Waals surface area (Å²) in [7, 11) is -1.82. The van der Waals surface area contributed by atoms with Gasteiger partial charge in [-0.05, 0) is 55.0 Å². The largest absolute Gasteiger partial charge is 0.496 e. The van der Waals surface area contributed by atoms with Crippen molar-refractivity contribution in [1.29, 1.82) is 0 Å². The molecule has 1 aliphatic heterocycles. The third-order valence-electron chi connectivity index (χ3n) is 7.05. The molecule has 3 aliphatic rings. The zero-order chi connectivity index (χ0) is 21.4. The van der Waals surface area contributed by atoms with E-state index in [0.29, 0.717) is 10.8 Å². The van der Waals surface area contributed by atoms with Crippen molar-refractivity contribution in [3.8, 4) is 5.75 Å². The fraction of sp³-hybridized carbons (Fsp3) is 0.440. The van der Waals surface area contributed by atoms with Crippen LogP contribution < -0.4 is 14.8 Å². The second-order valence-electron chi connectivity index (χ2n) is 8.92. The summed E-state index contributed by atoms with van der Waals surface area (Å²) in [6.07, 6.45) is 10.7. The summed E-state index contributed by atoms with van der Waals surface area (Å²) in [5, 5.41) is 3.68. The van der Waals surface area contributed by atoms with Gasteiger partial charge in [0.25, 0.3) is 0 Å². The predicted molar refractivity (Wildman–Crippen MR) is 123 cm³/mol. The highest BCUT2D eigenvalue weighted by molar-refractivity contribution is 7.89. The van der Waals surface area contributed by atoms with Gasteiger partial charge >= 0.3 is 0 Å². The maximum absolute atomic E-state index is 13.1. The molecule has 1 heterocycles. The zero-order valence-corrected chi connectivity index (χ0v) is 18.7. The molecule has 0 spiro atoms. The fourth-order valence-corrected chi connectivity index (χ4v) is 6.82. The Morgan fingerprint density at radius 2 is 1.84 bits per heavy atom. The Balaban J connectivity index is 1.47. The van der Waals surface area contributed by atoms with Crippen molar-refractivity contribution in [2.24, 2.45) is 5.92 Å². The first-order valence-electron chi connectivity index (χ1n) is 11.3. The molecule has 31 heavy (non-hydrogen) atoms. The van der Waals surface area contributed by atoms with E-state index in [1.165, 1.54) is 6.42 Å². The van der Waals surface area contributed by atoms with Gasteiger partial charge < -0.3 is 10.1 Å². The van der Waals surface area contributed by atoms with Gasteiger partial charge in [0, 0.05) is 23.2 Å². The molecule has 0 aromatic heterocycles. The summed E-state index contributed by atoms with van der Waals surface area (Å²) < 4.78 is 34.7. The van der Waals surface area contributed by atoms with Crippen LogP contribution in [0.4, 0.5) is 5.69 Å². The van der Waals surface area contributed by atoms with Crippen LogP contribution in [-0.2, 0) is 10.0 Å². The van der Waals surface area contributed by atoms with Crippen LogP contribution in [0.15, 0.2) is 59.5 Å². The topological polar surface area (TPSA) is 67.4 Å². The molecule has 3 atom stereocenters. The van der Waals surface area contributed by atoms with Gasteiger partial charge in [-0.3, -0.25) is 0 Å². The van der Waals surface area contributed by atoms with Crippen LogP contribution in [0.2, 0.25) is 0 Å². The van der Waals surface area contributed by atoms with E-state index in [2.05, 4.69) is 28.3 Å². The average Bonchev–Trinajstić information content (AvgIpc) is 3.29. The van der Waals surface area contributed by atoms with Gasteiger partial charge in [-0.25, -0.2) is 13.1 Å². The molecule has 5 rings (SSSR count). The lowest BCUT2D eigenvalue weighted by Crippen LogP contribution is -2.36.